The molecule has 0 atom stereocenters. The second-order valence-corrected chi connectivity index (χ2v) is 11.5. The zero-order chi connectivity index (χ0) is 27.6. The van der Waals surface area contributed by atoms with Gasteiger partial charge in [-0.3, -0.25) is 0 Å². The molecule has 6 aromatic rings. The highest BCUT2D eigenvalue weighted by molar-refractivity contribution is 6.16. The summed E-state index contributed by atoms with van der Waals surface area (Å²) in [5.74, 6) is 0.443. The van der Waals surface area contributed by atoms with Crippen LogP contribution < -0.4 is 4.90 Å². The largest absolute Gasteiger partial charge is 0.454 e. The normalized spacial score (nSPS) is 13.4. The maximum atomic E-state index is 9.47. The lowest BCUT2D eigenvalue weighted by Gasteiger charge is -2.28. The third-order valence-electron chi connectivity index (χ3n) is 8.46. The Bertz CT molecular complexity index is 1950. The second-order valence-electron chi connectivity index (χ2n) is 11.5. The van der Waals surface area contributed by atoms with E-state index in [4.69, 9.17) is 4.42 Å². The first-order valence-electron chi connectivity index (χ1n) is 13.9. The summed E-state index contributed by atoms with van der Waals surface area (Å²) in [6.45, 7) is 9.07. The van der Waals surface area contributed by atoms with E-state index in [9.17, 15) is 5.26 Å². The lowest BCUT2D eigenvalue weighted by Crippen LogP contribution is -2.16. The van der Waals surface area contributed by atoms with E-state index in [2.05, 4.69) is 111 Å². The molecule has 7 rings (SSSR count). The summed E-state index contributed by atoms with van der Waals surface area (Å²) in [5.41, 5.74) is 11.7. The van der Waals surface area contributed by atoms with Crippen LogP contribution in [0.25, 0.3) is 33.1 Å². The van der Waals surface area contributed by atoms with Crippen molar-refractivity contribution in [3.63, 3.8) is 0 Å². The Balaban J connectivity index is 1.59. The number of anilines is 3. The molecule has 0 saturated carbocycles. The van der Waals surface area contributed by atoms with E-state index >= 15 is 0 Å². The summed E-state index contributed by atoms with van der Waals surface area (Å²) in [4.78, 5) is 2.27. The Morgan fingerprint density at radius 3 is 2.12 bits per heavy atom. The van der Waals surface area contributed by atoms with Crippen molar-refractivity contribution in [2.75, 3.05) is 4.90 Å². The van der Waals surface area contributed by atoms with Crippen molar-refractivity contribution in [1.29, 1.82) is 5.26 Å². The SMILES string of the molecule is CC(C)c1ccc(N(c2ccc(C#N)cc2)c2cc3c(c4c2oc2ccccc24)C(C)(C)c2ccccc2-3)cc1. The molecule has 0 spiro atoms. The Morgan fingerprint density at radius 2 is 1.43 bits per heavy atom. The molecule has 0 bridgehead atoms. The van der Waals surface area contributed by atoms with Crippen LogP contribution >= 0.6 is 0 Å². The van der Waals surface area contributed by atoms with Gasteiger partial charge in [0.25, 0.3) is 0 Å². The predicted molar refractivity (Wildman–Crippen MR) is 165 cm³/mol. The fraction of sp³-hybridized carbons (Fsp3) is 0.162. The van der Waals surface area contributed by atoms with Crippen LogP contribution in [0.2, 0.25) is 0 Å². The van der Waals surface area contributed by atoms with Gasteiger partial charge in [0.15, 0.2) is 5.58 Å². The first-order chi connectivity index (χ1) is 19.4. The van der Waals surface area contributed by atoms with Crippen molar-refractivity contribution in [3.8, 4) is 17.2 Å². The van der Waals surface area contributed by atoms with Gasteiger partial charge in [0.2, 0.25) is 0 Å². The smallest absolute Gasteiger partial charge is 0.159 e. The number of rotatable bonds is 4. The molecule has 0 saturated heterocycles. The molecule has 1 heterocycles. The Labute approximate surface area is 234 Å². The summed E-state index contributed by atoms with van der Waals surface area (Å²) in [5, 5.41) is 11.8. The maximum Gasteiger partial charge on any atom is 0.159 e. The molecule has 0 unspecified atom stereocenters. The minimum Gasteiger partial charge on any atom is -0.454 e. The van der Waals surface area contributed by atoms with Gasteiger partial charge in [-0.15, -0.1) is 0 Å². The van der Waals surface area contributed by atoms with E-state index in [1.807, 2.05) is 30.3 Å². The molecule has 1 aromatic heterocycles. The Morgan fingerprint density at radius 1 is 0.775 bits per heavy atom. The van der Waals surface area contributed by atoms with E-state index in [1.165, 1.54) is 33.2 Å². The minimum absolute atomic E-state index is 0.173. The first kappa shape index (κ1) is 24.2. The summed E-state index contributed by atoms with van der Waals surface area (Å²) >= 11 is 0. The van der Waals surface area contributed by atoms with Crippen LogP contribution in [-0.4, -0.2) is 0 Å². The third-order valence-corrected chi connectivity index (χ3v) is 8.46. The van der Waals surface area contributed by atoms with Gasteiger partial charge in [0.05, 0.1) is 17.3 Å². The van der Waals surface area contributed by atoms with Crippen molar-refractivity contribution < 1.29 is 4.42 Å². The molecule has 0 amide bonds. The Kier molecular flexibility index (Phi) is 5.37. The fourth-order valence-corrected chi connectivity index (χ4v) is 6.43. The van der Waals surface area contributed by atoms with Crippen molar-refractivity contribution >= 4 is 39.0 Å². The van der Waals surface area contributed by atoms with Crippen LogP contribution in [0.1, 0.15) is 55.9 Å². The topological polar surface area (TPSA) is 40.2 Å². The van der Waals surface area contributed by atoms with Crippen LogP contribution in [0, 0.1) is 11.3 Å². The average Bonchev–Trinajstić information content (AvgIpc) is 3.47. The van der Waals surface area contributed by atoms with Gasteiger partial charge in [-0.25, -0.2) is 0 Å². The molecular formula is C37H30N2O. The number of fused-ring (bicyclic) bond motifs is 7. The molecule has 194 valence electrons. The number of nitrogens with zero attached hydrogens (tertiary/aromatic N) is 2. The average molecular weight is 519 g/mol. The van der Waals surface area contributed by atoms with Gasteiger partial charge in [-0.1, -0.05) is 82.3 Å². The molecule has 3 nitrogen and oxygen atoms in total. The number of nitriles is 1. The molecule has 40 heavy (non-hydrogen) atoms. The van der Waals surface area contributed by atoms with Gasteiger partial charge in [-0.05, 0) is 82.3 Å². The van der Waals surface area contributed by atoms with Crippen LogP contribution in [0.4, 0.5) is 17.1 Å². The number of benzene rings is 5. The molecule has 0 fully saturated rings. The molecular weight excluding hydrogens is 488 g/mol. The monoisotopic (exact) mass is 518 g/mol. The van der Waals surface area contributed by atoms with E-state index in [0.717, 1.165) is 33.6 Å². The van der Waals surface area contributed by atoms with Crippen LogP contribution in [0.15, 0.2) is 108 Å². The predicted octanol–water partition coefficient (Wildman–Crippen LogP) is 10.4. The van der Waals surface area contributed by atoms with Gasteiger partial charge < -0.3 is 9.32 Å². The molecule has 5 aromatic carbocycles. The molecule has 0 N–H and O–H groups in total. The highest BCUT2D eigenvalue weighted by Gasteiger charge is 2.39. The quantitative estimate of drug-likeness (QED) is 0.233. The highest BCUT2D eigenvalue weighted by atomic mass is 16.3. The summed E-state index contributed by atoms with van der Waals surface area (Å²) in [6.07, 6.45) is 0. The van der Waals surface area contributed by atoms with Gasteiger partial charge in [0.1, 0.15) is 5.58 Å². The molecule has 1 aliphatic rings. The van der Waals surface area contributed by atoms with Crippen LogP contribution in [-0.2, 0) is 5.41 Å². The zero-order valence-electron chi connectivity index (χ0n) is 23.2. The lowest BCUT2D eigenvalue weighted by molar-refractivity contribution is 0.657. The molecule has 1 aliphatic carbocycles. The van der Waals surface area contributed by atoms with E-state index in [1.54, 1.807) is 0 Å². The van der Waals surface area contributed by atoms with Crippen molar-refractivity contribution in [2.45, 2.75) is 39.0 Å². The van der Waals surface area contributed by atoms with E-state index in [0.29, 0.717) is 11.5 Å². The lowest BCUT2D eigenvalue weighted by atomic mass is 9.80. The number of para-hydroxylation sites is 1. The Hall–Kier alpha value is -4.81. The maximum absolute atomic E-state index is 9.47. The van der Waals surface area contributed by atoms with Crippen LogP contribution in [0.5, 0.6) is 0 Å². The zero-order valence-corrected chi connectivity index (χ0v) is 23.2. The number of hydrogen-bond donors (Lipinski definition) is 0. The summed E-state index contributed by atoms with van der Waals surface area (Å²) in [7, 11) is 0. The first-order valence-corrected chi connectivity index (χ1v) is 13.9. The van der Waals surface area contributed by atoms with Crippen molar-refractivity contribution in [3.05, 3.63) is 125 Å². The van der Waals surface area contributed by atoms with Crippen LogP contribution in [0.3, 0.4) is 0 Å². The number of furan rings is 1. The summed E-state index contributed by atoms with van der Waals surface area (Å²) in [6, 6.07) is 38.3. The fourth-order valence-electron chi connectivity index (χ4n) is 6.43. The standard InChI is InChI=1S/C37H30N2O/c1-23(2)25-15-19-27(20-16-25)39(26-17-13-24(22-38)14-18-26)32-21-30-28-9-5-7-11-31(28)37(3,4)35(30)34-29-10-6-8-12-33(29)40-36(32)34/h5-21,23H,1-4H3. The van der Waals surface area contributed by atoms with Crippen molar-refractivity contribution in [1.82, 2.24) is 0 Å². The molecule has 0 aliphatic heterocycles. The third kappa shape index (κ3) is 3.50. The van der Waals surface area contributed by atoms with Gasteiger partial charge in [0, 0.05) is 27.6 Å². The van der Waals surface area contributed by atoms with E-state index in [-0.39, 0.29) is 5.41 Å². The minimum atomic E-state index is -0.173. The second kappa shape index (κ2) is 8.86. The number of hydrogen-bond acceptors (Lipinski definition) is 3. The van der Waals surface area contributed by atoms with Crippen molar-refractivity contribution in [2.24, 2.45) is 0 Å². The highest BCUT2D eigenvalue weighted by Crippen LogP contribution is 2.56. The van der Waals surface area contributed by atoms with Gasteiger partial charge in [-0.2, -0.15) is 5.26 Å². The molecule has 3 heteroatoms. The molecule has 0 radical (unpaired) electrons. The van der Waals surface area contributed by atoms with Gasteiger partial charge >= 0.3 is 0 Å². The van der Waals surface area contributed by atoms with E-state index < -0.39 is 0 Å². The summed E-state index contributed by atoms with van der Waals surface area (Å²) < 4.78 is 6.74.